The lowest BCUT2D eigenvalue weighted by Crippen LogP contribution is -2.03. The minimum Gasteiger partial charge on any atom is -0.493 e. The van der Waals surface area contributed by atoms with Crippen LogP contribution in [0.3, 0.4) is 0 Å². The van der Waals surface area contributed by atoms with Crippen LogP contribution in [0.15, 0.2) is 17.5 Å². The van der Waals surface area contributed by atoms with Gasteiger partial charge in [0.05, 0.1) is 23.7 Å². The Balaban J connectivity index is 1.82. The molecule has 0 saturated carbocycles. The molecule has 0 aliphatic rings. The SMILES string of the molecule is Cc1cc(C)c(OCCCc2nc(CC(=O)O)cs2)c(C)c1. The molecule has 0 bridgehead atoms. The average Bonchev–Trinajstić information content (AvgIpc) is 2.83. The van der Waals surface area contributed by atoms with Gasteiger partial charge in [-0.05, 0) is 38.3 Å². The molecule has 22 heavy (non-hydrogen) atoms. The molecule has 0 amide bonds. The van der Waals surface area contributed by atoms with Gasteiger partial charge in [0, 0.05) is 11.8 Å². The summed E-state index contributed by atoms with van der Waals surface area (Å²) >= 11 is 1.52. The van der Waals surface area contributed by atoms with Crippen LogP contribution in [0, 0.1) is 20.8 Å². The summed E-state index contributed by atoms with van der Waals surface area (Å²) in [6.45, 7) is 6.85. The van der Waals surface area contributed by atoms with Gasteiger partial charge in [-0.1, -0.05) is 17.7 Å². The third kappa shape index (κ3) is 4.56. The second-order valence-electron chi connectivity index (χ2n) is 5.48. The fraction of sp³-hybridized carbons (Fsp3) is 0.412. The van der Waals surface area contributed by atoms with Crippen molar-refractivity contribution in [3.05, 3.63) is 44.9 Å². The van der Waals surface area contributed by atoms with Crippen LogP contribution < -0.4 is 4.74 Å². The lowest BCUT2D eigenvalue weighted by atomic mass is 10.1. The average molecular weight is 319 g/mol. The smallest absolute Gasteiger partial charge is 0.309 e. The van der Waals surface area contributed by atoms with Crippen LogP contribution in [0.2, 0.25) is 0 Å². The van der Waals surface area contributed by atoms with Gasteiger partial charge in [0.2, 0.25) is 0 Å². The highest BCUT2D eigenvalue weighted by Gasteiger charge is 2.07. The van der Waals surface area contributed by atoms with E-state index in [2.05, 4.69) is 37.9 Å². The van der Waals surface area contributed by atoms with Crippen molar-refractivity contribution in [1.29, 1.82) is 0 Å². The van der Waals surface area contributed by atoms with Crippen LogP contribution in [-0.2, 0) is 17.6 Å². The number of hydrogen-bond donors (Lipinski definition) is 1. The Labute approximate surface area is 134 Å². The van der Waals surface area contributed by atoms with Gasteiger partial charge in [-0.25, -0.2) is 4.98 Å². The number of aromatic nitrogens is 1. The topological polar surface area (TPSA) is 59.4 Å². The maximum Gasteiger partial charge on any atom is 0.309 e. The molecule has 0 aliphatic carbocycles. The van der Waals surface area contributed by atoms with Crippen molar-refractivity contribution >= 4 is 17.3 Å². The second kappa shape index (κ2) is 7.40. The van der Waals surface area contributed by atoms with Gasteiger partial charge in [-0.2, -0.15) is 0 Å². The number of benzene rings is 1. The summed E-state index contributed by atoms with van der Waals surface area (Å²) in [4.78, 5) is 15.0. The van der Waals surface area contributed by atoms with Crippen molar-refractivity contribution in [2.24, 2.45) is 0 Å². The van der Waals surface area contributed by atoms with E-state index in [4.69, 9.17) is 9.84 Å². The van der Waals surface area contributed by atoms with Crippen molar-refractivity contribution in [3.63, 3.8) is 0 Å². The zero-order chi connectivity index (χ0) is 16.1. The largest absolute Gasteiger partial charge is 0.493 e. The van der Waals surface area contributed by atoms with Crippen LogP contribution in [-0.4, -0.2) is 22.7 Å². The van der Waals surface area contributed by atoms with Gasteiger partial charge >= 0.3 is 5.97 Å². The number of aliphatic carboxylic acids is 1. The van der Waals surface area contributed by atoms with E-state index >= 15 is 0 Å². The molecule has 2 aromatic rings. The summed E-state index contributed by atoms with van der Waals surface area (Å²) in [5.74, 6) is 0.127. The highest BCUT2D eigenvalue weighted by molar-refractivity contribution is 7.09. The number of nitrogens with zero attached hydrogens (tertiary/aromatic N) is 1. The lowest BCUT2D eigenvalue weighted by Gasteiger charge is -2.12. The molecule has 5 heteroatoms. The molecule has 0 fully saturated rings. The molecule has 4 nitrogen and oxygen atoms in total. The quantitative estimate of drug-likeness (QED) is 0.790. The van der Waals surface area contributed by atoms with Crippen LogP contribution in [0.1, 0.15) is 33.8 Å². The molecule has 0 saturated heterocycles. The van der Waals surface area contributed by atoms with Crippen LogP contribution in [0.25, 0.3) is 0 Å². The molecule has 0 unspecified atom stereocenters. The predicted octanol–water partition coefficient (Wildman–Crippen LogP) is 3.71. The molecule has 1 N–H and O–H groups in total. The fourth-order valence-corrected chi connectivity index (χ4v) is 3.33. The first-order chi connectivity index (χ1) is 10.5. The summed E-state index contributed by atoms with van der Waals surface area (Å²) < 4.78 is 5.90. The van der Waals surface area contributed by atoms with E-state index in [1.54, 1.807) is 0 Å². The monoisotopic (exact) mass is 319 g/mol. The van der Waals surface area contributed by atoms with E-state index < -0.39 is 5.97 Å². The Bertz CT molecular complexity index is 641. The molecular formula is C17H21NO3S. The van der Waals surface area contributed by atoms with Gasteiger partial charge in [0.15, 0.2) is 0 Å². The Kier molecular flexibility index (Phi) is 5.55. The molecule has 118 valence electrons. The third-order valence-corrected chi connectivity index (χ3v) is 4.28. The first kappa shape index (κ1) is 16.5. The summed E-state index contributed by atoms with van der Waals surface area (Å²) in [6.07, 6.45) is 1.68. The lowest BCUT2D eigenvalue weighted by molar-refractivity contribution is -0.136. The van der Waals surface area contributed by atoms with E-state index in [-0.39, 0.29) is 6.42 Å². The van der Waals surface area contributed by atoms with Crippen LogP contribution in [0.5, 0.6) is 5.75 Å². The number of thiazole rings is 1. The zero-order valence-electron chi connectivity index (χ0n) is 13.2. The van der Waals surface area contributed by atoms with Gasteiger partial charge in [-0.3, -0.25) is 4.79 Å². The third-order valence-electron chi connectivity index (χ3n) is 3.32. The standard InChI is InChI=1S/C17H21NO3S/c1-11-7-12(2)17(13(3)8-11)21-6-4-5-15-18-14(10-22-15)9-16(19)20/h7-8,10H,4-6,9H2,1-3H3,(H,19,20). The highest BCUT2D eigenvalue weighted by Crippen LogP contribution is 2.24. The minimum absolute atomic E-state index is 0.00520. The molecule has 1 aromatic carbocycles. The number of carboxylic acid groups (broad SMARTS) is 1. The summed E-state index contributed by atoms with van der Waals surface area (Å²) in [6, 6.07) is 4.25. The van der Waals surface area contributed by atoms with E-state index in [1.807, 2.05) is 5.38 Å². The molecule has 1 heterocycles. The second-order valence-corrected chi connectivity index (χ2v) is 6.43. The number of ether oxygens (including phenoxy) is 1. The molecular weight excluding hydrogens is 298 g/mol. The summed E-state index contributed by atoms with van der Waals surface area (Å²) in [5.41, 5.74) is 4.21. The van der Waals surface area contributed by atoms with E-state index in [0.29, 0.717) is 12.3 Å². The van der Waals surface area contributed by atoms with Crippen molar-refractivity contribution in [3.8, 4) is 5.75 Å². The van der Waals surface area contributed by atoms with Crippen LogP contribution in [0.4, 0.5) is 0 Å². The number of carbonyl (C=O) groups is 1. The minimum atomic E-state index is -0.842. The Morgan fingerprint density at radius 2 is 1.95 bits per heavy atom. The normalized spacial score (nSPS) is 10.7. The summed E-state index contributed by atoms with van der Waals surface area (Å²) in [7, 11) is 0. The van der Waals surface area contributed by atoms with E-state index in [0.717, 1.165) is 34.7 Å². The molecule has 0 atom stereocenters. The fourth-order valence-electron chi connectivity index (χ4n) is 2.49. The van der Waals surface area contributed by atoms with E-state index in [9.17, 15) is 4.79 Å². The van der Waals surface area contributed by atoms with Gasteiger partial charge < -0.3 is 9.84 Å². The Morgan fingerprint density at radius 1 is 1.27 bits per heavy atom. The van der Waals surface area contributed by atoms with Crippen LogP contribution >= 0.6 is 11.3 Å². The first-order valence-corrected chi connectivity index (χ1v) is 8.19. The first-order valence-electron chi connectivity index (χ1n) is 7.31. The van der Waals surface area contributed by atoms with Gasteiger partial charge in [0.25, 0.3) is 0 Å². The van der Waals surface area contributed by atoms with E-state index in [1.165, 1.54) is 16.9 Å². The summed E-state index contributed by atoms with van der Waals surface area (Å²) in [5, 5.41) is 11.5. The maximum absolute atomic E-state index is 10.6. The Hall–Kier alpha value is -1.88. The maximum atomic E-state index is 10.6. The number of aryl methyl sites for hydroxylation is 4. The highest BCUT2D eigenvalue weighted by atomic mass is 32.1. The van der Waals surface area contributed by atoms with Crippen molar-refractivity contribution in [2.45, 2.75) is 40.0 Å². The molecule has 0 aliphatic heterocycles. The van der Waals surface area contributed by atoms with Gasteiger partial charge in [0.1, 0.15) is 5.75 Å². The van der Waals surface area contributed by atoms with Gasteiger partial charge in [-0.15, -0.1) is 11.3 Å². The number of rotatable bonds is 7. The van der Waals surface area contributed by atoms with Crippen molar-refractivity contribution in [2.75, 3.05) is 6.61 Å². The van der Waals surface area contributed by atoms with Crippen molar-refractivity contribution < 1.29 is 14.6 Å². The Morgan fingerprint density at radius 3 is 2.59 bits per heavy atom. The zero-order valence-corrected chi connectivity index (χ0v) is 14.0. The molecule has 0 spiro atoms. The predicted molar refractivity (Wildman–Crippen MR) is 87.9 cm³/mol. The number of carboxylic acids is 1. The molecule has 1 aromatic heterocycles. The molecule has 0 radical (unpaired) electrons. The number of hydrogen-bond acceptors (Lipinski definition) is 4. The van der Waals surface area contributed by atoms with Crippen molar-refractivity contribution in [1.82, 2.24) is 4.98 Å². The molecule has 2 rings (SSSR count).